The van der Waals surface area contributed by atoms with Crippen LogP contribution in [-0.4, -0.2) is 30.1 Å². The molecular formula is C15H19F3N2O. The van der Waals surface area contributed by atoms with Crippen LogP contribution >= 0.6 is 0 Å². The second-order valence-electron chi connectivity index (χ2n) is 5.67. The summed E-state index contributed by atoms with van der Waals surface area (Å²) in [6.45, 7) is 6.07. The van der Waals surface area contributed by atoms with Crippen LogP contribution in [0.15, 0.2) is 18.2 Å². The molecule has 0 atom stereocenters. The number of anilines is 1. The van der Waals surface area contributed by atoms with Crippen LogP contribution in [-0.2, 0) is 16.8 Å². The number of carbonyl (C=O) groups excluding carboxylic acids is 1. The van der Waals surface area contributed by atoms with Crippen molar-refractivity contribution in [2.75, 3.05) is 18.4 Å². The van der Waals surface area contributed by atoms with E-state index in [2.05, 4.69) is 5.32 Å². The molecule has 0 bridgehead atoms. The molecule has 0 unspecified atom stereocenters. The zero-order chi connectivity index (χ0) is 15.8. The van der Waals surface area contributed by atoms with Gasteiger partial charge in [0, 0.05) is 18.8 Å². The van der Waals surface area contributed by atoms with Gasteiger partial charge in [-0.25, -0.2) is 0 Å². The van der Waals surface area contributed by atoms with Crippen LogP contribution in [0, 0.1) is 0 Å². The molecule has 0 fully saturated rings. The van der Waals surface area contributed by atoms with Crippen molar-refractivity contribution >= 4 is 11.6 Å². The Bertz CT molecular complexity index is 552. The largest absolute Gasteiger partial charge is 0.471 e. The van der Waals surface area contributed by atoms with Crippen LogP contribution < -0.4 is 5.32 Å². The SMILES string of the molecule is CCNc1ccc2c(c1)C(C)(C)N(C(=O)C(F)(F)F)CC2. The number of hydrogen-bond acceptors (Lipinski definition) is 2. The molecule has 6 heteroatoms. The molecule has 116 valence electrons. The number of halogens is 3. The molecule has 1 amide bonds. The molecule has 0 aliphatic carbocycles. The summed E-state index contributed by atoms with van der Waals surface area (Å²) in [7, 11) is 0. The molecule has 3 nitrogen and oxygen atoms in total. The first kappa shape index (κ1) is 15.7. The molecule has 1 aromatic rings. The van der Waals surface area contributed by atoms with Gasteiger partial charge in [0.1, 0.15) is 0 Å². The molecule has 1 aliphatic heterocycles. The van der Waals surface area contributed by atoms with Gasteiger partial charge in [0.15, 0.2) is 0 Å². The van der Waals surface area contributed by atoms with Gasteiger partial charge < -0.3 is 10.2 Å². The summed E-state index contributed by atoms with van der Waals surface area (Å²) >= 11 is 0. The number of nitrogens with one attached hydrogen (secondary N) is 1. The lowest BCUT2D eigenvalue weighted by Gasteiger charge is -2.44. The Morgan fingerprint density at radius 1 is 1.38 bits per heavy atom. The van der Waals surface area contributed by atoms with Gasteiger partial charge in [-0.1, -0.05) is 6.07 Å². The van der Waals surface area contributed by atoms with Crippen LogP contribution in [0.1, 0.15) is 31.9 Å². The lowest BCUT2D eigenvalue weighted by atomic mass is 9.83. The number of benzene rings is 1. The monoisotopic (exact) mass is 300 g/mol. The van der Waals surface area contributed by atoms with Crippen molar-refractivity contribution in [1.82, 2.24) is 4.90 Å². The number of nitrogens with zero attached hydrogens (tertiary/aromatic N) is 1. The highest BCUT2D eigenvalue weighted by atomic mass is 19.4. The molecule has 21 heavy (non-hydrogen) atoms. The van der Waals surface area contributed by atoms with Crippen molar-refractivity contribution in [2.24, 2.45) is 0 Å². The first-order chi connectivity index (χ1) is 9.67. The van der Waals surface area contributed by atoms with E-state index in [4.69, 9.17) is 0 Å². The minimum atomic E-state index is -4.84. The van der Waals surface area contributed by atoms with Crippen LogP contribution in [0.2, 0.25) is 0 Å². The fourth-order valence-corrected chi connectivity index (χ4v) is 2.84. The summed E-state index contributed by atoms with van der Waals surface area (Å²) in [6, 6.07) is 5.68. The van der Waals surface area contributed by atoms with Gasteiger partial charge in [-0.2, -0.15) is 13.2 Å². The normalized spacial score (nSPS) is 17.3. The maximum absolute atomic E-state index is 12.7. The van der Waals surface area contributed by atoms with Crippen molar-refractivity contribution in [3.05, 3.63) is 29.3 Å². The molecule has 1 aromatic carbocycles. The number of hydrogen-bond donors (Lipinski definition) is 1. The van der Waals surface area contributed by atoms with Crippen LogP contribution in [0.4, 0.5) is 18.9 Å². The summed E-state index contributed by atoms with van der Waals surface area (Å²) in [5, 5.41) is 3.14. The highest BCUT2D eigenvalue weighted by Gasteiger charge is 2.49. The Hall–Kier alpha value is -1.72. The Balaban J connectivity index is 2.42. The zero-order valence-electron chi connectivity index (χ0n) is 12.3. The fraction of sp³-hybridized carbons (Fsp3) is 0.533. The third-order valence-electron chi connectivity index (χ3n) is 3.92. The van der Waals surface area contributed by atoms with Crippen molar-refractivity contribution in [3.8, 4) is 0 Å². The predicted octanol–water partition coefficient (Wildman–Crippen LogP) is 3.30. The fourth-order valence-electron chi connectivity index (χ4n) is 2.84. The number of carbonyl (C=O) groups is 1. The molecule has 0 radical (unpaired) electrons. The molecule has 0 saturated heterocycles. The molecule has 1 aliphatic rings. The molecule has 0 saturated carbocycles. The number of alkyl halides is 3. The van der Waals surface area contributed by atoms with Gasteiger partial charge >= 0.3 is 12.1 Å². The summed E-state index contributed by atoms with van der Waals surface area (Å²) in [4.78, 5) is 12.6. The van der Waals surface area contributed by atoms with Crippen LogP contribution in [0.25, 0.3) is 0 Å². The standard InChI is InChI=1S/C15H19F3N2O/c1-4-19-11-6-5-10-7-8-20(13(21)15(16,17)18)14(2,3)12(10)9-11/h5-6,9,19H,4,7-8H2,1-3H3. The van der Waals surface area contributed by atoms with E-state index >= 15 is 0 Å². The van der Waals surface area contributed by atoms with E-state index in [1.807, 2.05) is 25.1 Å². The van der Waals surface area contributed by atoms with E-state index in [0.717, 1.165) is 28.3 Å². The first-order valence-electron chi connectivity index (χ1n) is 6.94. The van der Waals surface area contributed by atoms with Gasteiger partial charge in [0.25, 0.3) is 0 Å². The van der Waals surface area contributed by atoms with Crippen LogP contribution in [0.3, 0.4) is 0 Å². The Morgan fingerprint density at radius 2 is 2.05 bits per heavy atom. The number of fused-ring (bicyclic) bond motifs is 1. The minimum absolute atomic E-state index is 0.0822. The summed E-state index contributed by atoms with van der Waals surface area (Å²) in [6.07, 6.45) is -4.40. The minimum Gasteiger partial charge on any atom is -0.385 e. The average molecular weight is 300 g/mol. The lowest BCUT2D eigenvalue weighted by Crippen LogP contribution is -2.54. The van der Waals surface area contributed by atoms with Gasteiger partial charge in [-0.3, -0.25) is 4.79 Å². The third kappa shape index (κ3) is 2.84. The number of amides is 1. The topological polar surface area (TPSA) is 32.3 Å². The van der Waals surface area contributed by atoms with Gasteiger partial charge in [0.05, 0.1) is 5.54 Å². The van der Waals surface area contributed by atoms with Crippen molar-refractivity contribution in [3.63, 3.8) is 0 Å². The van der Waals surface area contributed by atoms with Crippen molar-refractivity contribution in [1.29, 1.82) is 0 Å². The maximum atomic E-state index is 12.7. The summed E-state index contributed by atoms with van der Waals surface area (Å²) < 4.78 is 38.2. The van der Waals surface area contributed by atoms with Gasteiger partial charge in [-0.15, -0.1) is 0 Å². The number of rotatable bonds is 2. The highest BCUT2D eigenvalue weighted by molar-refractivity contribution is 5.83. The van der Waals surface area contributed by atoms with E-state index in [1.54, 1.807) is 13.8 Å². The Labute approximate surface area is 122 Å². The zero-order valence-corrected chi connectivity index (χ0v) is 12.3. The Kier molecular flexibility index (Phi) is 3.91. The van der Waals surface area contributed by atoms with Crippen molar-refractivity contribution < 1.29 is 18.0 Å². The van der Waals surface area contributed by atoms with E-state index in [9.17, 15) is 18.0 Å². The van der Waals surface area contributed by atoms with E-state index in [0.29, 0.717) is 6.42 Å². The van der Waals surface area contributed by atoms with E-state index in [1.165, 1.54) is 0 Å². The Morgan fingerprint density at radius 3 is 2.62 bits per heavy atom. The average Bonchev–Trinajstić information content (AvgIpc) is 2.38. The quantitative estimate of drug-likeness (QED) is 0.909. The maximum Gasteiger partial charge on any atom is 0.471 e. The van der Waals surface area contributed by atoms with Gasteiger partial charge in [-0.05, 0) is 50.5 Å². The third-order valence-corrected chi connectivity index (χ3v) is 3.92. The predicted molar refractivity (Wildman–Crippen MR) is 75.1 cm³/mol. The van der Waals surface area contributed by atoms with E-state index in [-0.39, 0.29) is 6.54 Å². The molecule has 0 aromatic heterocycles. The molecule has 0 spiro atoms. The second kappa shape index (κ2) is 5.24. The summed E-state index contributed by atoms with van der Waals surface area (Å²) in [5.41, 5.74) is 1.63. The van der Waals surface area contributed by atoms with E-state index < -0.39 is 17.6 Å². The summed E-state index contributed by atoms with van der Waals surface area (Å²) in [5.74, 6) is -1.77. The highest BCUT2D eigenvalue weighted by Crippen LogP contribution is 2.38. The first-order valence-corrected chi connectivity index (χ1v) is 6.94. The molecule has 2 rings (SSSR count). The molecule has 1 heterocycles. The van der Waals surface area contributed by atoms with Crippen LogP contribution in [0.5, 0.6) is 0 Å². The smallest absolute Gasteiger partial charge is 0.385 e. The van der Waals surface area contributed by atoms with Crippen molar-refractivity contribution in [2.45, 2.75) is 38.9 Å². The van der Waals surface area contributed by atoms with Gasteiger partial charge in [0.2, 0.25) is 0 Å². The lowest BCUT2D eigenvalue weighted by molar-refractivity contribution is -0.191. The molecular weight excluding hydrogens is 281 g/mol. The second-order valence-corrected chi connectivity index (χ2v) is 5.67. The molecule has 1 N–H and O–H groups in total.